The quantitative estimate of drug-likeness (QED) is 0.183. The molecule has 0 aliphatic heterocycles. The van der Waals surface area contributed by atoms with Gasteiger partial charge < -0.3 is 8.83 Å². The molecular formula is C46H41N3O2. The topological polar surface area (TPSA) is 57.0 Å². The number of imidazole rings is 1. The average Bonchev–Trinajstić information content (AvgIpc) is 3.85. The minimum Gasteiger partial charge on any atom is -0.451 e. The normalized spacial score (nSPS) is 12.6. The van der Waals surface area contributed by atoms with Crippen LogP contribution < -0.4 is 0 Å². The number of para-hydroxylation sites is 1. The Morgan fingerprint density at radius 3 is 1.96 bits per heavy atom. The van der Waals surface area contributed by atoms with Gasteiger partial charge in [0, 0.05) is 21.6 Å². The Morgan fingerprint density at radius 1 is 0.569 bits per heavy atom. The highest BCUT2D eigenvalue weighted by Gasteiger charge is 2.28. The van der Waals surface area contributed by atoms with Crippen LogP contribution in [0, 0.1) is 0 Å². The second kappa shape index (κ2) is 11.4. The Labute approximate surface area is 297 Å². The van der Waals surface area contributed by atoms with Crippen LogP contribution in [-0.2, 0) is 5.41 Å². The van der Waals surface area contributed by atoms with Crippen LogP contribution in [0.4, 0.5) is 0 Å². The molecule has 3 heterocycles. The molecule has 0 saturated carbocycles. The van der Waals surface area contributed by atoms with Crippen molar-refractivity contribution in [3.63, 3.8) is 0 Å². The van der Waals surface area contributed by atoms with E-state index >= 15 is 0 Å². The van der Waals surface area contributed by atoms with Crippen LogP contribution in [0.1, 0.15) is 77.3 Å². The van der Waals surface area contributed by atoms with Gasteiger partial charge in [-0.05, 0) is 75.9 Å². The number of hydrogen-bond donors (Lipinski definition) is 0. The first-order valence-corrected chi connectivity index (χ1v) is 18.0. The first-order valence-electron chi connectivity index (χ1n) is 18.0. The Bertz CT molecular complexity index is 2760. The van der Waals surface area contributed by atoms with Crippen molar-refractivity contribution in [2.24, 2.45) is 0 Å². The number of rotatable bonds is 5. The smallest absolute Gasteiger partial charge is 0.201 e. The van der Waals surface area contributed by atoms with Gasteiger partial charge in [-0.15, -0.1) is 0 Å². The summed E-state index contributed by atoms with van der Waals surface area (Å²) in [6.45, 7) is 15.5. The number of furan rings is 1. The lowest BCUT2D eigenvalue weighted by Crippen LogP contribution is -2.10. The minimum atomic E-state index is -0.228. The van der Waals surface area contributed by atoms with Gasteiger partial charge in [-0.2, -0.15) is 0 Å². The SMILES string of the molecule is CC(C)c1cc(-c2ccccc2)cc(C(C)C)c1-n1c(-c2cccc3c2oc2c3ccc3nc(C(C)(C)C)oc32)nc2ccc3ccccc3c21. The molecule has 0 atom stereocenters. The third-order valence-electron chi connectivity index (χ3n) is 10.2. The molecule has 0 radical (unpaired) electrons. The molecule has 6 aromatic carbocycles. The van der Waals surface area contributed by atoms with Gasteiger partial charge in [0.2, 0.25) is 5.89 Å². The van der Waals surface area contributed by atoms with Gasteiger partial charge in [-0.25, -0.2) is 9.97 Å². The zero-order valence-corrected chi connectivity index (χ0v) is 30.2. The minimum absolute atomic E-state index is 0.228. The van der Waals surface area contributed by atoms with E-state index in [4.69, 9.17) is 18.8 Å². The van der Waals surface area contributed by atoms with Crippen LogP contribution in [0.25, 0.3) is 83.0 Å². The van der Waals surface area contributed by atoms with Crippen molar-refractivity contribution in [3.05, 3.63) is 126 Å². The molecule has 0 aliphatic carbocycles. The first kappa shape index (κ1) is 31.3. The maximum atomic E-state index is 6.90. The molecule has 0 bridgehead atoms. The van der Waals surface area contributed by atoms with E-state index in [0.29, 0.717) is 17.1 Å². The van der Waals surface area contributed by atoms with E-state index < -0.39 is 0 Å². The molecule has 0 aliphatic rings. The van der Waals surface area contributed by atoms with Crippen LogP contribution in [0.5, 0.6) is 0 Å². The molecule has 0 N–H and O–H groups in total. The van der Waals surface area contributed by atoms with Crippen molar-refractivity contribution in [3.8, 4) is 28.2 Å². The van der Waals surface area contributed by atoms with Crippen LogP contribution in [0.15, 0.2) is 118 Å². The van der Waals surface area contributed by atoms with Crippen molar-refractivity contribution >= 4 is 54.8 Å². The summed E-state index contributed by atoms with van der Waals surface area (Å²) in [5.41, 5.74) is 11.9. The van der Waals surface area contributed by atoms with Gasteiger partial charge in [0.25, 0.3) is 0 Å². The van der Waals surface area contributed by atoms with E-state index in [-0.39, 0.29) is 17.3 Å². The summed E-state index contributed by atoms with van der Waals surface area (Å²) in [4.78, 5) is 10.3. The molecule has 3 aromatic heterocycles. The summed E-state index contributed by atoms with van der Waals surface area (Å²) in [5.74, 6) is 2.05. The van der Waals surface area contributed by atoms with Gasteiger partial charge in [0.15, 0.2) is 11.2 Å². The van der Waals surface area contributed by atoms with Crippen molar-refractivity contribution in [1.29, 1.82) is 0 Å². The fourth-order valence-corrected chi connectivity index (χ4v) is 7.59. The second-order valence-corrected chi connectivity index (χ2v) is 15.4. The molecule has 0 unspecified atom stereocenters. The van der Waals surface area contributed by atoms with Crippen LogP contribution in [0.2, 0.25) is 0 Å². The van der Waals surface area contributed by atoms with E-state index in [1.165, 1.54) is 38.7 Å². The average molecular weight is 668 g/mol. The summed E-state index contributed by atoms with van der Waals surface area (Å²) in [5, 5.41) is 4.37. The third kappa shape index (κ3) is 4.90. The lowest BCUT2D eigenvalue weighted by atomic mass is 9.88. The molecule has 0 spiro atoms. The molecule has 252 valence electrons. The van der Waals surface area contributed by atoms with E-state index in [0.717, 1.165) is 44.3 Å². The van der Waals surface area contributed by atoms with Gasteiger partial charge in [0.05, 0.1) is 22.3 Å². The zero-order valence-electron chi connectivity index (χ0n) is 30.2. The van der Waals surface area contributed by atoms with Crippen LogP contribution in [0.3, 0.4) is 0 Å². The zero-order chi connectivity index (χ0) is 35.2. The Balaban J connectivity index is 1.41. The van der Waals surface area contributed by atoms with Crippen molar-refractivity contribution < 1.29 is 8.83 Å². The predicted octanol–water partition coefficient (Wildman–Crippen LogP) is 13.1. The molecule has 5 nitrogen and oxygen atoms in total. The second-order valence-electron chi connectivity index (χ2n) is 15.4. The molecule has 0 fully saturated rings. The Kier molecular flexibility index (Phi) is 7.01. The number of aromatic nitrogens is 3. The lowest BCUT2D eigenvalue weighted by molar-refractivity contribution is 0.410. The summed E-state index contributed by atoms with van der Waals surface area (Å²) in [7, 11) is 0. The largest absolute Gasteiger partial charge is 0.451 e. The maximum Gasteiger partial charge on any atom is 0.201 e. The van der Waals surface area contributed by atoms with Gasteiger partial charge in [0.1, 0.15) is 16.9 Å². The van der Waals surface area contributed by atoms with E-state index in [9.17, 15) is 0 Å². The summed E-state index contributed by atoms with van der Waals surface area (Å²) < 4.78 is 15.7. The number of nitrogens with zero attached hydrogens (tertiary/aromatic N) is 3. The molecule has 5 heteroatoms. The highest BCUT2D eigenvalue weighted by molar-refractivity contribution is 6.16. The standard InChI is InChI=1S/C46H41N3O2/c1-26(2)35-24-30(28-14-9-8-10-15-28)25-36(27(3)4)39(35)49-40-31-17-12-11-16-29(31)20-22-37(40)47-44(49)34-19-13-18-32-33-21-23-38-43(42(33)50-41(32)34)51-45(48-38)46(5,6)7/h8-27H,1-7H3. The predicted molar refractivity (Wildman–Crippen MR) is 211 cm³/mol. The first-order chi connectivity index (χ1) is 24.6. The number of benzene rings is 6. The fraction of sp³-hybridized carbons (Fsp3) is 0.217. The highest BCUT2D eigenvalue weighted by atomic mass is 16.4. The Morgan fingerprint density at radius 2 is 1.24 bits per heavy atom. The molecule has 9 rings (SSSR count). The van der Waals surface area contributed by atoms with Crippen molar-refractivity contribution in [1.82, 2.24) is 14.5 Å². The van der Waals surface area contributed by atoms with E-state index in [1.807, 2.05) is 6.07 Å². The molecule has 0 amide bonds. The van der Waals surface area contributed by atoms with Crippen LogP contribution >= 0.6 is 0 Å². The highest BCUT2D eigenvalue weighted by Crippen LogP contribution is 2.45. The van der Waals surface area contributed by atoms with Gasteiger partial charge in [-0.3, -0.25) is 4.57 Å². The molecule has 0 saturated heterocycles. The third-order valence-corrected chi connectivity index (χ3v) is 10.2. The van der Waals surface area contributed by atoms with Crippen molar-refractivity contribution in [2.45, 2.75) is 65.7 Å². The number of fused-ring (bicyclic) bond motifs is 8. The summed E-state index contributed by atoms with van der Waals surface area (Å²) in [6.07, 6.45) is 0. The van der Waals surface area contributed by atoms with Gasteiger partial charge in [-0.1, -0.05) is 121 Å². The molecule has 51 heavy (non-hydrogen) atoms. The summed E-state index contributed by atoms with van der Waals surface area (Å²) in [6, 6.07) is 39.0. The van der Waals surface area contributed by atoms with E-state index in [2.05, 4.69) is 156 Å². The Hall–Kier alpha value is -5.68. The number of hydrogen-bond acceptors (Lipinski definition) is 4. The lowest BCUT2D eigenvalue weighted by Gasteiger charge is -2.24. The monoisotopic (exact) mass is 667 g/mol. The van der Waals surface area contributed by atoms with E-state index in [1.54, 1.807) is 0 Å². The molecule has 9 aromatic rings. The maximum absolute atomic E-state index is 6.90. The summed E-state index contributed by atoms with van der Waals surface area (Å²) >= 11 is 0. The van der Waals surface area contributed by atoms with Crippen molar-refractivity contribution in [2.75, 3.05) is 0 Å². The van der Waals surface area contributed by atoms with Crippen LogP contribution in [-0.4, -0.2) is 14.5 Å². The fourth-order valence-electron chi connectivity index (χ4n) is 7.59. The molecular weight excluding hydrogens is 627 g/mol. The number of oxazole rings is 1. The van der Waals surface area contributed by atoms with Gasteiger partial charge >= 0.3 is 0 Å².